The van der Waals surface area contributed by atoms with Crippen LogP contribution in [0, 0.1) is 0 Å². The molecule has 0 amide bonds. The monoisotopic (exact) mass is 477 g/mol. The quantitative estimate of drug-likeness (QED) is 0.397. The zero-order valence-electron chi connectivity index (χ0n) is 15.8. The molecule has 3 rings (SSSR count). The molecule has 2 aliphatic rings. The van der Waals surface area contributed by atoms with Crippen molar-refractivity contribution in [2.24, 2.45) is 4.99 Å². The summed E-state index contributed by atoms with van der Waals surface area (Å²) in [7, 11) is 1.84. The number of rotatable bonds is 4. The second-order valence-electron chi connectivity index (χ2n) is 7.99. The lowest BCUT2D eigenvalue weighted by atomic mass is 9.93. The number of hydrogen-bond acceptors (Lipinski definition) is 4. The van der Waals surface area contributed by atoms with Crippen LogP contribution < -0.4 is 10.6 Å². The van der Waals surface area contributed by atoms with Crippen LogP contribution in [-0.2, 0) is 12.0 Å². The van der Waals surface area contributed by atoms with Crippen LogP contribution in [-0.4, -0.2) is 48.1 Å². The van der Waals surface area contributed by atoms with E-state index in [2.05, 4.69) is 46.7 Å². The molecule has 0 unspecified atom stereocenters. The van der Waals surface area contributed by atoms with Gasteiger partial charge >= 0.3 is 0 Å². The highest BCUT2D eigenvalue weighted by Crippen LogP contribution is 2.29. The highest BCUT2D eigenvalue weighted by atomic mass is 127. The van der Waals surface area contributed by atoms with E-state index in [1.807, 2.05) is 7.05 Å². The molecule has 1 aromatic rings. The number of likely N-dealkylation sites (tertiary alicyclic amines) is 1. The summed E-state index contributed by atoms with van der Waals surface area (Å²) in [5, 5.41) is 10.3. The number of aromatic nitrogens is 1. The Hall–Kier alpha value is -0.410. The maximum Gasteiger partial charge on any atom is 0.191 e. The minimum Gasteiger partial charge on any atom is -0.354 e. The fourth-order valence-corrected chi connectivity index (χ4v) is 4.09. The third-order valence-corrected chi connectivity index (χ3v) is 5.73. The Bertz CT molecular complexity index is 568. The Morgan fingerprint density at radius 1 is 1.28 bits per heavy atom. The number of hydrogen-bond donors (Lipinski definition) is 2. The average molecular weight is 477 g/mol. The van der Waals surface area contributed by atoms with Gasteiger partial charge in [-0.1, -0.05) is 20.8 Å². The predicted molar refractivity (Wildman–Crippen MR) is 117 cm³/mol. The van der Waals surface area contributed by atoms with Crippen LogP contribution in [0.25, 0.3) is 0 Å². The minimum absolute atomic E-state index is 0. The van der Waals surface area contributed by atoms with Crippen LogP contribution in [0.15, 0.2) is 10.4 Å². The number of aliphatic imine (C=N–C) groups is 1. The third-order valence-electron chi connectivity index (χ3n) is 4.88. The Kier molecular flexibility index (Phi) is 7.52. The maximum atomic E-state index is 4.74. The molecule has 0 aromatic carbocycles. The molecule has 1 aromatic heterocycles. The molecule has 7 heteroatoms. The van der Waals surface area contributed by atoms with Crippen molar-refractivity contribution < 1.29 is 0 Å². The summed E-state index contributed by atoms with van der Waals surface area (Å²) >= 11 is 1.72. The lowest BCUT2D eigenvalue weighted by Crippen LogP contribution is -2.48. The molecule has 1 saturated carbocycles. The van der Waals surface area contributed by atoms with Gasteiger partial charge in [0.1, 0.15) is 5.01 Å². The molecule has 1 saturated heterocycles. The first-order valence-corrected chi connectivity index (χ1v) is 10.00. The summed E-state index contributed by atoms with van der Waals surface area (Å²) in [5.74, 6) is 0.896. The molecule has 2 N–H and O–H groups in total. The smallest absolute Gasteiger partial charge is 0.191 e. The first-order valence-electron chi connectivity index (χ1n) is 9.12. The van der Waals surface area contributed by atoms with Crippen molar-refractivity contribution in [2.75, 3.05) is 20.1 Å². The van der Waals surface area contributed by atoms with Gasteiger partial charge in [0.2, 0.25) is 0 Å². The second-order valence-corrected chi connectivity index (χ2v) is 8.93. The number of thiazole rings is 1. The Morgan fingerprint density at radius 3 is 2.48 bits per heavy atom. The molecule has 1 aliphatic heterocycles. The van der Waals surface area contributed by atoms with Crippen LogP contribution in [0.5, 0.6) is 0 Å². The number of halogens is 1. The molecule has 2 heterocycles. The second kappa shape index (κ2) is 8.99. The van der Waals surface area contributed by atoms with E-state index in [0.29, 0.717) is 6.04 Å². The van der Waals surface area contributed by atoms with E-state index in [4.69, 9.17) is 4.98 Å². The van der Waals surface area contributed by atoms with E-state index in [9.17, 15) is 0 Å². The van der Waals surface area contributed by atoms with Crippen LogP contribution >= 0.6 is 35.3 Å². The Balaban J connectivity index is 0.00000225. The van der Waals surface area contributed by atoms with Gasteiger partial charge in [0.25, 0.3) is 0 Å². The van der Waals surface area contributed by atoms with E-state index in [1.165, 1.54) is 44.5 Å². The summed E-state index contributed by atoms with van der Waals surface area (Å²) in [4.78, 5) is 11.8. The van der Waals surface area contributed by atoms with E-state index in [0.717, 1.165) is 23.6 Å². The highest BCUT2D eigenvalue weighted by molar-refractivity contribution is 14.0. The van der Waals surface area contributed by atoms with Crippen molar-refractivity contribution in [1.29, 1.82) is 0 Å². The van der Waals surface area contributed by atoms with Crippen molar-refractivity contribution >= 4 is 41.3 Å². The first kappa shape index (κ1) is 20.9. The van der Waals surface area contributed by atoms with Crippen molar-refractivity contribution in [1.82, 2.24) is 20.5 Å². The van der Waals surface area contributed by atoms with Crippen LogP contribution in [0.1, 0.15) is 57.2 Å². The summed E-state index contributed by atoms with van der Waals surface area (Å²) < 4.78 is 0. The molecular formula is C18H32IN5S. The van der Waals surface area contributed by atoms with Crippen molar-refractivity contribution in [3.63, 3.8) is 0 Å². The maximum absolute atomic E-state index is 4.74. The number of piperidine rings is 1. The van der Waals surface area contributed by atoms with E-state index in [-0.39, 0.29) is 29.4 Å². The van der Waals surface area contributed by atoms with Gasteiger partial charge in [-0.2, -0.15) is 0 Å². The van der Waals surface area contributed by atoms with Crippen LogP contribution in [0.4, 0.5) is 0 Å². The lowest BCUT2D eigenvalue weighted by molar-refractivity contribution is 0.197. The molecule has 1 aliphatic carbocycles. The Morgan fingerprint density at radius 2 is 1.96 bits per heavy atom. The average Bonchev–Trinajstić information content (AvgIpc) is 3.28. The molecule has 0 spiro atoms. The summed E-state index contributed by atoms with van der Waals surface area (Å²) in [6, 6.07) is 1.43. The zero-order chi connectivity index (χ0) is 17.2. The molecule has 0 radical (unpaired) electrons. The molecule has 0 bridgehead atoms. The topological polar surface area (TPSA) is 52.6 Å². The number of nitrogens with zero attached hydrogens (tertiary/aromatic N) is 3. The third kappa shape index (κ3) is 6.06. The summed E-state index contributed by atoms with van der Waals surface area (Å²) in [6.07, 6.45) is 5.24. The van der Waals surface area contributed by atoms with Crippen LogP contribution in [0.2, 0.25) is 0 Å². The lowest BCUT2D eigenvalue weighted by Gasteiger charge is -2.33. The normalized spacial score (nSPS) is 20.2. The van der Waals surface area contributed by atoms with E-state index >= 15 is 0 Å². The molecular weight excluding hydrogens is 445 g/mol. The largest absolute Gasteiger partial charge is 0.354 e. The molecule has 0 atom stereocenters. The Labute approximate surface area is 173 Å². The molecule has 2 fully saturated rings. The van der Waals surface area contributed by atoms with Gasteiger partial charge in [0, 0.05) is 43.0 Å². The van der Waals surface area contributed by atoms with Crippen molar-refractivity contribution in [2.45, 2.75) is 70.5 Å². The van der Waals surface area contributed by atoms with Gasteiger partial charge in [0.05, 0.1) is 12.2 Å². The fourth-order valence-electron chi connectivity index (χ4n) is 3.13. The van der Waals surface area contributed by atoms with Gasteiger partial charge in [-0.05, 0) is 25.7 Å². The highest BCUT2D eigenvalue weighted by Gasteiger charge is 2.31. The van der Waals surface area contributed by atoms with Crippen LogP contribution in [0.3, 0.4) is 0 Å². The zero-order valence-corrected chi connectivity index (χ0v) is 19.0. The minimum atomic E-state index is 0. The standard InChI is InChI=1S/C18H31N5S.HI/c1-18(2,3)15-12-24-16(22-15)11-20-17(19-4)21-13-7-9-23(10-8-13)14-5-6-14;/h12-14H,5-11H2,1-4H3,(H2,19,20,21);1H. The molecule has 25 heavy (non-hydrogen) atoms. The molecule has 142 valence electrons. The summed E-state index contributed by atoms with van der Waals surface area (Å²) in [6.45, 7) is 9.79. The summed E-state index contributed by atoms with van der Waals surface area (Å²) in [5.41, 5.74) is 1.28. The fraction of sp³-hybridized carbons (Fsp3) is 0.778. The van der Waals surface area contributed by atoms with Gasteiger partial charge in [-0.3, -0.25) is 4.99 Å². The van der Waals surface area contributed by atoms with Gasteiger partial charge in [-0.25, -0.2) is 4.98 Å². The predicted octanol–water partition coefficient (Wildman–Crippen LogP) is 3.35. The number of nitrogens with one attached hydrogen (secondary N) is 2. The van der Waals surface area contributed by atoms with Crippen molar-refractivity contribution in [3.8, 4) is 0 Å². The molecule has 5 nitrogen and oxygen atoms in total. The van der Waals surface area contributed by atoms with Gasteiger partial charge in [0.15, 0.2) is 5.96 Å². The van der Waals surface area contributed by atoms with E-state index in [1.54, 1.807) is 11.3 Å². The SMILES string of the molecule is CN=C(NCc1nc(C(C)(C)C)cs1)NC1CCN(C2CC2)CC1.I. The van der Waals surface area contributed by atoms with Gasteiger partial charge in [-0.15, -0.1) is 35.3 Å². The first-order chi connectivity index (χ1) is 11.5. The number of guanidine groups is 1. The van der Waals surface area contributed by atoms with Crippen molar-refractivity contribution in [3.05, 3.63) is 16.1 Å². The van der Waals surface area contributed by atoms with E-state index < -0.39 is 0 Å². The van der Waals surface area contributed by atoms with Gasteiger partial charge < -0.3 is 15.5 Å².